The van der Waals surface area contributed by atoms with E-state index >= 15 is 0 Å². The first-order valence-electron chi connectivity index (χ1n) is 13.9. The zero-order chi connectivity index (χ0) is 27.6. The normalized spacial score (nSPS) is 15.3. The van der Waals surface area contributed by atoms with Gasteiger partial charge in [-0.2, -0.15) is 0 Å². The van der Waals surface area contributed by atoms with Crippen molar-refractivity contribution in [1.29, 1.82) is 0 Å². The summed E-state index contributed by atoms with van der Waals surface area (Å²) in [6, 6.07) is 9.70. The molecule has 0 spiro atoms. The average molecular weight is 536 g/mol. The van der Waals surface area contributed by atoms with Crippen LogP contribution in [0.4, 0.5) is 0 Å². The minimum Gasteiger partial charge on any atom is -0.480 e. The van der Waals surface area contributed by atoms with Gasteiger partial charge in [-0.25, -0.2) is 9.97 Å². The lowest BCUT2D eigenvalue weighted by molar-refractivity contribution is -0.122. The first kappa shape index (κ1) is 28.5. The largest absolute Gasteiger partial charge is 0.480 e. The van der Waals surface area contributed by atoms with Gasteiger partial charge in [0.1, 0.15) is 5.82 Å². The van der Waals surface area contributed by atoms with Gasteiger partial charge >= 0.3 is 0 Å². The summed E-state index contributed by atoms with van der Waals surface area (Å²) in [6.45, 7) is 4.79. The molecule has 39 heavy (non-hydrogen) atoms. The van der Waals surface area contributed by atoms with Crippen LogP contribution in [-0.4, -0.2) is 90.5 Å². The van der Waals surface area contributed by atoms with Crippen LogP contribution in [0.5, 0.6) is 5.88 Å². The Balaban J connectivity index is 1.45. The highest BCUT2D eigenvalue weighted by Gasteiger charge is 2.21. The van der Waals surface area contributed by atoms with Gasteiger partial charge in [0.05, 0.1) is 36.1 Å². The van der Waals surface area contributed by atoms with E-state index in [2.05, 4.69) is 42.4 Å². The lowest BCUT2D eigenvalue weighted by Gasteiger charge is -2.32. The summed E-state index contributed by atoms with van der Waals surface area (Å²) < 4.78 is 5.59. The number of ether oxygens (including phenoxy) is 1. The van der Waals surface area contributed by atoms with Crippen LogP contribution in [0.25, 0.3) is 22.2 Å². The number of hydrogen-bond acceptors (Lipinski definition) is 7. The van der Waals surface area contributed by atoms with Crippen molar-refractivity contribution in [3.8, 4) is 17.1 Å². The summed E-state index contributed by atoms with van der Waals surface area (Å²) in [5.74, 6) is 1.30. The van der Waals surface area contributed by atoms with Crippen LogP contribution in [-0.2, 0) is 9.59 Å². The van der Waals surface area contributed by atoms with E-state index < -0.39 is 0 Å². The number of nitrogens with zero attached hydrogens (tertiary/aromatic N) is 4. The van der Waals surface area contributed by atoms with Gasteiger partial charge < -0.3 is 30.2 Å². The number of fused-ring (bicyclic) bond motifs is 1. The number of nitrogens with one attached hydrogen (secondary N) is 3. The number of aromatic nitrogens is 3. The fourth-order valence-electron chi connectivity index (χ4n) is 4.91. The molecule has 210 valence electrons. The predicted molar refractivity (Wildman–Crippen MR) is 152 cm³/mol. The molecule has 3 N–H and O–H groups in total. The van der Waals surface area contributed by atoms with Gasteiger partial charge in [0.15, 0.2) is 0 Å². The van der Waals surface area contributed by atoms with Crippen molar-refractivity contribution in [2.75, 3.05) is 53.9 Å². The third-order valence-electron chi connectivity index (χ3n) is 7.36. The molecule has 1 aliphatic rings. The molecule has 10 nitrogen and oxygen atoms in total. The second-order valence-electron chi connectivity index (χ2n) is 10.2. The Morgan fingerprint density at radius 2 is 1.87 bits per heavy atom. The fraction of sp³-hybridized carbons (Fsp3) is 0.517. The molecule has 2 amide bonds. The number of imidazole rings is 1. The summed E-state index contributed by atoms with van der Waals surface area (Å²) in [5, 5.41) is 6.89. The van der Waals surface area contributed by atoms with E-state index in [9.17, 15) is 9.59 Å². The number of benzene rings is 1. The summed E-state index contributed by atoms with van der Waals surface area (Å²) in [7, 11) is 5.40. The summed E-state index contributed by atoms with van der Waals surface area (Å²) in [5.41, 5.74) is 2.47. The average Bonchev–Trinajstić information content (AvgIpc) is 3.45. The number of pyridine rings is 1. The third-order valence-corrected chi connectivity index (χ3v) is 7.36. The zero-order valence-corrected chi connectivity index (χ0v) is 23.3. The number of para-hydroxylation sites is 1. The van der Waals surface area contributed by atoms with Crippen LogP contribution in [0, 0.1) is 0 Å². The standard InChI is InChI=1S/C29H41N7O3/c1-30-26(37)12-6-4-5-11-24(32-27(38)13-14-36-17-15-35(2)16-18-36)28-31-20-25(33-28)22-19-21-9-7-8-10-23(21)34-29(22)39-3/h7-10,19-20,24H,4-6,11-18H2,1-3H3,(H,30,37)(H,31,33)(H,32,38)/t24-/m0/s1. The Hall–Kier alpha value is -3.50. The van der Waals surface area contributed by atoms with Crippen LogP contribution in [0.15, 0.2) is 36.5 Å². The summed E-state index contributed by atoms with van der Waals surface area (Å²) >= 11 is 0. The number of H-pyrrole nitrogens is 1. The van der Waals surface area contributed by atoms with Crippen LogP contribution in [0.3, 0.4) is 0 Å². The number of methoxy groups -OCH3 is 1. The van der Waals surface area contributed by atoms with E-state index in [4.69, 9.17) is 4.74 Å². The summed E-state index contributed by atoms with van der Waals surface area (Å²) in [4.78, 5) is 42.0. The van der Waals surface area contributed by atoms with Crippen molar-refractivity contribution in [1.82, 2.24) is 35.4 Å². The Kier molecular flexibility index (Phi) is 10.3. The zero-order valence-electron chi connectivity index (χ0n) is 23.3. The first-order valence-corrected chi connectivity index (χ1v) is 13.9. The first-order chi connectivity index (χ1) is 19.0. The molecule has 3 aromatic rings. The SMILES string of the molecule is CNC(=O)CCCCC[C@H](NC(=O)CCN1CCN(C)CC1)c1ncc(-c2cc3ccccc3nc2OC)[nH]1. The molecule has 0 bridgehead atoms. The molecule has 1 fully saturated rings. The number of unbranched alkanes of at least 4 members (excludes halogenated alkanes) is 2. The third kappa shape index (κ3) is 8.00. The number of rotatable bonds is 13. The maximum atomic E-state index is 13.0. The molecule has 0 unspecified atom stereocenters. The van der Waals surface area contributed by atoms with Crippen molar-refractivity contribution in [3.63, 3.8) is 0 Å². The topological polar surface area (TPSA) is 115 Å². The maximum absolute atomic E-state index is 13.0. The number of piperazine rings is 1. The number of carbonyl (C=O) groups excluding carboxylic acids is 2. The molecule has 1 saturated heterocycles. The van der Waals surface area contributed by atoms with Crippen molar-refractivity contribution in [3.05, 3.63) is 42.4 Å². The van der Waals surface area contributed by atoms with Crippen LogP contribution >= 0.6 is 0 Å². The number of aromatic amines is 1. The quantitative estimate of drug-likeness (QED) is 0.288. The molecule has 0 saturated carbocycles. The van der Waals surface area contributed by atoms with Crippen molar-refractivity contribution < 1.29 is 14.3 Å². The maximum Gasteiger partial charge on any atom is 0.223 e. The van der Waals surface area contributed by atoms with Crippen LogP contribution in [0.2, 0.25) is 0 Å². The Morgan fingerprint density at radius 1 is 1.08 bits per heavy atom. The molecular formula is C29H41N7O3. The molecule has 1 atom stereocenters. The number of carbonyl (C=O) groups is 2. The molecule has 0 aliphatic carbocycles. The van der Waals surface area contributed by atoms with E-state index in [1.807, 2.05) is 30.3 Å². The molecule has 0 radical (unpaired) electrons. The van der Waals surface area contributed by atoms with E-state index in [0.29, 0.717) is 24.5 Å². The van der Waals surface area contributed by atoms with E-state index in [1.54, 1.807) is 20.4 Å². The Bertz CT molecular complexity index is 1240. The molecule has 2 aromatic heterocycles. The molecule has 4 rings (SSSR count). The van der Waals surface area contributed by atoms with Gasteiger partial charge in [0.25, 0.3) is 0 Å². The van der Waals surface area contributed by atoms with Crippen molar-refractivity contribution >= 4 is 22.7 Å². The van der Waals surface area contributed by atoms with Gasteiger partial charge in [-0.05, 0) is 32.0 Å². The Morgan fingerprint density at radius 3 is 2.64 bits per heavy atom. The lowest BCUT2D eigenvalue weighted by Crippen LogP contribution is -2.45. The van der Waals surface area contributed by atoms with E-state index in [-0.39, 0.29) is 17.9 Å². The number of hydrogen-bond donors (Lipinski definition) is 3. The Labute approximate surface area is 230 Å². The van der Waals surface area contributed by atoms with Gasteiger partial charge in [0, 0.05) is 58.0 Å². The lowest BCUT2D eigenvalue weighted by atomic mass is 10.1. The fourth-order valence-corrected chi connectivity index (χ4v) is 4.91. The van der Waals surface area contributed by atoms with E-state index in [0.717, 1.165) is 80.6 Å². The molecule has 10 heteroatoms. The second-order valence-corrected chi connectivity index (χ2v) is 10.2. The molecule has 1 aromatic carbocycles. The minimum atomic E-state index is -0.252. The smallest absolute Gasteiger partial charge is 0.223 e. The van der Waals surface area contributed by atoms with Gasteiger partial charge in [-0.15, -0.1) is 0 Å². The summed E-state index contributed by atoms with van der Waals surface area (Å²) in [6.07, 6.45) is 6.05. The highest BCUT2D eigenvalue weighted by Crippen LogP contribution is 2.31. The van der Waals surface area contributed by atoms with Crippen LogP contribution in [0.1, 0.15) is 50.4 Å². The van der Waals surface area contributed by atoms with Gasteiger partial charge in [-0.3, -0.25) is 9.59 Å². The molecular weight excluding hydrogens is 494 g/mol. The molecule has 1 aliphatic heterocycles. The van der Waals surface area contributed by atoms with Crippen molar-refractivity contribution in [2.45, 2.75) is 44.6 Å². The second kappa shape index (κ2) is 14.0. The monoisotopic (exact) mass is 535 g/mol. The highest BCUT2D eigenvalue weighted by molar-refractivity contribution is 5.85. The van der Waals surface area contributed by atoms with E-state index in [1.165, 1.54) is 0 Å². The van der Waals surface area contributed by atoms with Crippen LogP contribution < -0.4 is 15.4 Å². The van der Waals surface area contributed by atoms with Gasteiger partial charge in [0.2, 0.25) is 17.7 Å². The minimum absolute atomic E-state index is 0.0205. The number of amides is 2. The number of likely N-dealkylation sites (N-methyl/N-ethyl adjacent to an activating group) is 1. The highest BCUT2D eigenvalue weighted by atomic mass is 16.5. The molecule has 3 heterocycles. The predicted octanol–water partition coefficient (Wildman–Crippen LogP) is 3.12. The van der Waals surface area contributed by atoms with Crippen molar-refractivity contribution in [2.24, 2.45) is 0 Å². The van der Waals surface area contributed by atoms with Gasteiger partial charge in [-0.1, -0.05) is 31.0 Å².